The maximum absolute atomic E-state index is 13.8. The van der Waals surface area contributed by atoms with Crippen molar-refractivity contribution >= 4 is 17.7 Å². The van der Waals surface area contributed by atoms with Gasteiger partial charge in [-0.3, -0.25) is 19.3 Å². The van der Waals surface area contributed by atoms with Crippen LogP contribution in [0.1, 0.15) is 133 Å². The van der Waals surface area contributed by atoms with Crippen LogP contribution in [0.4, 0.5) is 0 Å². The van der Waals surface area contributed by atoms with E-state index in [1.165, 1.54) is 26.2 Å². The Kier molecular flexibility index (Phi) is 15.0. The number of aliphatic hydroxyl groups excluding tert-OH is 1. The van der Waals surface area contributed by atoms with Gasteiger partial charge in [-0.15, -0.1) is 0 Å². The van der Waals surface area contributed by atoms with Crippen LogP contribution in [0.5, 0.6) is 0 Å². The lowest BCUT2D eigenvalue weighted by Gasteiger charge is -2.50. The number of fused-ring (bicyclic) bond motifs is 1. The van der Waals surface area contributed by atoms with E-state index in [0.29, 0.717) is 44.4 Å². The quantitative estimate of drug-likeness (QED) is 0.117. The fourth-order valence-electron chi connectivity index (χ4n) is 8.91. The van der Waals surface area contributed by atoms with Crippen molar-refractivity contribution in [2.75, 3.05) is 13.1 Å². The van der Waals surface area contributed by atoms with Crippen molar-refractivity contribution in [1.82, 2.24) is 20.9 Å². The van der Waals surface area contributed by atoms with Crippen LogP contribution in [-0.2, 0) is 37.0 Å². The van der Waals surface area contributed by atoms with Crippen LogP contribution in [0.25, 0.3) is 11.1 Å². The highest BCUT2D eigenvalue weighted by molar-refractivity contribution is 5.82. The van der Waals surface area contributed by atoms with Crippen LogP contribution >= 0.6 is 0 Å². The fraction of sp³-hybridized carbons (Fsp3) is 0.553. The van der Waals surface area contributed by atoms with E-state index in [2.05, 4.69) is 51.2 Å². The first kappa shape index (κ1) is 42.5. The van der Waals surface area contributed by atoms with Gasteiger partial charge >= 0.3 is 0 Å². The Hall–Kier alpha value is -4.09. The monoisotopic (exact) mass is 780 g/mol. The van der Waals surface area contributed by atoms with Crippen LogP contribution in [-0.4, -0.2) is 64.5 Å². The summed E-state index contributed by atoms with van der Waals surface area (Å²) in [7, 11) is 0. The third kappa shape index (κ3) is 12.0. The highest BCUT2D eigenvalue weighted by Crippen LogP contribution is 2.42. The zero-order valence-electron chi connectivity index (χ0n) is 34.4. The lowest BCUT2D eigenvalue weighted by molar-refractivity contribution is -0.255. The van der Waals surface area contributed by atoms with Gasteiger partial charge in [0.05, 0.1) is 24.9 Å². The maximum atomic E-state index is 13.8. The minimum Gasteiger partial charge on any atom is -0.392 e. The molecular formula is C47H64N4O6. The Balaban J connectivity index is 1.17. The van der Waals surface area contributed by atoms with E-state index in [1.54, 1.807) is 0 Å². The molecule has 3 aliphatic rings. The summed E-state index contributed by atoms with van der Waals surface area (Å²) in [5, 5.41) is 18.9. The first-order valence-corrected chi connectivity index (χ1v) is 21.2. The van der Waals surface area contributed by atoms with E-state index >= 15 is 0 Å². The molecule has 10 heteroatoms. The number of carbonyl (C=O) groups excluding carboxylic acids is 3. The third-order valence-electron chi connectivity index (χ3n) is 11.8. The molecule has 0 aromatic heterocycles. The van der Waals surface area contributed by atoms with E-state index in [4.69, 9.17) is 9.47 Å². The number of carbonyl (C=O) groups is 3. The number of rotatable bonds is 15. The molecule has 4 N–H and O–H groups in total. The average molecular weight is 781 g/mol. The largest absolute Gasteiger partial charge is 0.392 e. The number of benzene rings is 3. The minimum absolute atomic E-state index is 0.0142. The molecular weight excluding hydrogens is 717 g/mol. The van der Waals surface area contributed by atoms with Crippen LogP contribution in [0, 0.1) is 5.92 Å². The van der Waals surface area contributed by atoms with Crippen molar-refractivity contribution in [3.05, 3.63) is 95.1 Å². The zero-order chi connectivity index (χ0) is 40.4. The molecule has 308 valence electrons. The molecule has 3 aromatic carbocycles. The highest BCUT2D eigenvalue weighted by Gasteiger charge is 2.44. The molecule has 57 heavy (non-hydrogen) atoms. The first-order valence-electron chi connectivity index (χ1n) is 21.2. The SMILES string of the molecule is CC(=O)NCCCCCC(=O)NCc1ccccc1-c1ccc([C@@H]2O[C@H](CN3[C@@H](C(=O)NC(C)(C)C)CC[C@H]4CCCC[C@H]43)C[C@H](c3ccc(CO)cc3)O2)cc1. The molecule has 6 atom stereocenters. The predicted molar refractivity (Wildman–Crippen MR) is 223 cm³/mol. The summed E-state index contributed by atoms with van der Waals surface area (Å²) in [5.41, 5.74) is 5.63. The number of likely N-dealkylation sites (tertiary alicyclic amines) is 1. The predicted octanol–water partition coefficient (Wildman–Crippen LogP) is 7.64. The second kappa shape index (κ2) is 20.1. The van der Waals surface area contributed by atoms with Gasteiger partial charge in [0.15, 0.2) is 6.29 Å². The van der Waals surface area contributed by atoms with E-state index in [1.807, 2.05) is 63.2 Å². The van der Waals surface area contributed by atoms with Crippen LogP contribution in [0.3, 0.4) is 0 Å². The Morgan fingerprint density at radius 3 is 2.30 bits per heavy atom. The van der Waals surface area contributed by atoms with Gasteiger partial charge in [-0.05, 0) is 93.0 Å². The summed E-state index contributed by atoms with van der Waals surface area (Å²) in [6.45, 7) is 9.37. The second-order valence-corrected chi connectivity index (χ2v) is 17.3. The van der Waals surface area contributed by atoms with Gasteiger partial charge < -0.3 is 30.5 Å². The van der Waals surface area contributed by atoms with Crippen molar-refractivity contribution < 1.29 is 29.0 Å². The summed E-state index contributed by atoms with van der Waals surface area (Å²) in [6, 6.07) is 24.6. The number of nitrogens with zero attached hydrogens (tertiary/aromatic N) is 1. The maximum Gasteiger partial charge on any atom is 0.237 e. The molecule has 2 saturated heterocycles. The molecule has 1 saturated carbocycles. The molecule has 3 aromatic rings. The lowest BCUT2D eigenvalue weighted by Crippen LogP contribution is -2.61. The second-order valence-electron chi connectivity index (χ2n) is 17.3. The molecule has 1 aliphatic carbocycles. The molecule has 0 bridgehead atoms. The number of unbranched alkanes of at least 4 members (excludes halogenated alkanes) is 2. The molecule has 10 nitrogen and oxygen atoms in total. The summed E-state index contributed by atoms with van der Waals surface area (Å²) >= 11 is 0. The number of amides is 3. The average Bonchev–Trinajstić information content (AvgIpc) is 3.20. The molecule has 3 amide bonds. The van der Waals surface area contributed by atoms with Gasteiger partial charge in [-0.1, -0.05) is 92.1 Å². The number of piperidine rings is 1. The number of nitrogens with one attached hydrogen (secondary N) is 3. The molecule has 0 unspecified atom stereocenters. The first-order chi connectivity index (χ1) is 27.5. The number of hydrogen-bond donors (Lipinski definition) is 4. The van der Waals surface area contributed by atoms with E-state index in [9.17, 15) is 19.5 Å². The number of hydrogen-bond acceptors (Lipinski definition) is 7. The summed E-state index contributed by atoms with van der Waals surface area (Å²) < 4.78 is 13.6. The Bertz CT molecular complexity index is 1770. The summed E-state index contributed by atoms with van der Waals surface area (Å²) in [5.74, 6) is 0.701. The van der Waals surface area contributed by atoms with Crippen molar-refractivity contribution in [2.24, 2.45) is 5.92 Å². The lowest BCUT2D eigenvalue weighted by atomic mass is 9.75. The van der Waals surface area contributed by atoms with Gasteiger partial charge in [-0.25, -0.2) is 0 Å². The smallest absolute Gasteiger partial charge is 0.237 e. The van der Waals surface area contributed by atoms with Gasteiger partial charge in [0, 0.05) is 56.5 Å². The molecule has 0 radical (unpaired) electrons. The number of aliphatic hydroxyl groups is 1. The van der Waals surface area contributed by atoms with E-state index in [-0.39, 0.29) is 48.1 Å². The van der Waals surface area contributed by atoms with Crippen molar-refractivity contribution in [3.8, 4) is 11.1 Å². The van der Waals surface area contributed by atoms with Gasteiger partial charge in [0.25, 0.3) is 0 Å². The van der Waals surface area contributed by atoms with Crippen molar-refractivity contribution in [2.45, 2.75) is 148 Å². The van der Waals surface area contributed by atoms with E-state index in [0.717, 1.165) is 71.9 Å². The fourth-order valence-corrected chi connectivity index (χ4v) is 8.91. The van der Waals surface area contributed by atoms with E-state index < -0.39 is 6.29 Å². The molecule has 2 aliphatic heterocycles. The summed E-state index contributed by atoms with van der Waals surface area (Å²) in [6.07, 6.45) is 9.35. The molecule has 6 rings (SSSR count). The normalized spacial score (nSPS) is 23.9. The Morgan fingerprint density at radius 1 is 0.825 bits per heavy atom. The third-order valence-corrected chi connectivity index (χ3v) is 11.8. The van der Waals surface area contributed by atoms with Crippen LogP contribution < -0.4 is 16.0 Å². The Labute approximate surface area is 339 Å². The minimum atomic E-state index is -0.609. The van der Waals surface area contributed by atoms with Gasteiger partial charge in [-0.2, -0.15) is 0 Å². The molecule has 2 heterocycles. The summed E-state index contributed by atoms with van der Waals surface area (Å²) in [4.78, 5) is 40.1. The standard InChI is InChI=1S/C47H64N4O6/c1-32(53)48-27-11-5-6-16-44(54)49-29-38-13-7-9-14-40(38)34-21-23-37(24-22-34)46-56-39(28-43(57-46)36-19-17-33(31-52)18-20-36)30-51-41-15-10-8-12-35(41)25-26-42(51)45(55)50-47(2,3)4/h7,9,13-14,17-24,35,39,41-43,46,52H,5-6,8,10-12,15-16,25-31H2,1-4H3,(H,48,53)(H,49,54)(H,50,55)/t35-,39+,41-,42-,43-,46-/m1/s1. The van der Waals surface area contributed by atoms with Crippen molar-refractivity contribution in [3.63, 3.8) is 0 Å². The van der Waals surface area contributed by atoms with Gasteiger partial charge in [0.2, 0.25) is 17.7 Å². The van der Waals surface area contributed by atoms with Gasteiger partial charge in [0.1, 0.15) is 0 Å². The van der Waals surface area contributed by atoms with Crippen LogP contribution in [0.15, 0.2) is 72.8 Å². The Morgan fingerprint density at radius 2 is 1.56 bits per heavy atom. The topological polar surface area (TPSA) is 129 Å². The van der Waals surface area contributed by atoms with Crippen LogP contribution in [0.2, 0.25) is 0 Å². The van der Waals surface area contributed by atoms with Crippen molar-refractivity contribution in [1.29, 1.82) is 0 Å². The highest BCUT2D eigenvalue weighted by atomic mass is 16.7. The molecule has 0 spiro atoms. The molecule has 3 fully saturated rings. The zero-order valence-corrected chi connectivity index (χ0v) is 34.4. The number of ether oxygens (including phenoxy) is 2.